The highest BCUT2D eigenvalue weighted by atomic mass is 32.2. The van der Waals surface area contributed by atoms with Gasteiger partial charge in [0.2, 0.25) is 0 Å². The first kappa shape index (κ1) is 17.2. The fourth-order valence-corrected chi connectivity index (χ4v) is 2.34. The molecule has 0 saturated carbocycles. The second kappa shape index (κ2) is 5.81. The van der Waals surface area contributed by atoms with E-state index < -0.39 is 33.7 Å². The quantitative estimate of drug-likeness (QED) is 0.358. The van der Waals surface area contributed by atoms with Crippen molar-refractivity contribution in [1.82, 2.24) is 5.32 Å². The number of nitrogens with one attached hydrogen (secondary N) is 1. The van der Waals surface area contributed by atoms with Crippen molar-refractivity contribution in [3.8, 4) is 0 Å². The molecule has 23 heavy (non-hydrogen) atoms. The summed E-state index contributed by atoms with van der Waals surface area (Å²) < 4.78 is 81.3. The van der Waals surface area contributed by atoms with Crippen LogP contribution in [0.2, 0.25) is 0 Å². The summed E-state index contributed by atoms with van der Waals surface area (Å²) in [4.78, 5) is 11.6. The van der Waals surface area contributed by atoms with Crippen LogP contribution in [0.25, 0.3) is 12.0 Å². The van der Waals surface area contributed by atoms with Crippen LogP contribution in [0.4, 0.5) is 17.6 Å². The zero-order chi connectivity index (χ0) is 17.4. The molecule has 0 aliphatic carbocycles. The van der Waals surface area contributed by atoms with E-state index >= 15 is 0 Å². The maximum Gasteiger partial charge on any atom is 0.523 e. The Labute approximate surface area is 127 Å². The minimum atomic E-state index is -6.00. The number of halogens is 4. The van der Waals surface area contributed by atoms with Crippen molar-refractivity contribution in [2.75, 3.05) is 7.11 Å². The largest absolute Gasteiger partial charge is 0.523 e. The first-order valence-corrected chi connectivity index (χ1v) is 7.32. The third-order valence-electron chi connectivity index (χ3n) is 2.88. The van der Waals surface area contributed by atoms with E-state index in [9.17, 15) is 30.8 Å². The second-order valence-corrected chi connectivity index (χ2v) is 5.86. The Kier molecular flexibility index (Phi) is 4.35. The summed E-state index contributed by atoms with van der Waals surface area (Å²) in [5, 5.41) is 1.74. The molecule has 1 aliphatic heterocycles. The topological polar surface area (TPSA) is 81.7 Å². The van der Waals surface area contributed by atoms with Gasteiger partial charge in [-0.2, -0.15) is 21.6 Å². The fraction of sp³-hybridized carbons (Fsp3) is 0.250. The number of ether oxygens (including phenoxy) is 1. The zero-order valence-electron chi connectivity index (χ0n) is 11.3. The first-order chi connectivity index (χ1) is 10.6. The molecule has 0 saturated heterocycles. The predicted molar refractivity (Wildman–Crippen MR) is 69.0 cm³/mol. The molecule has 1 aliphatic rings. The smallest absolute Gasteiger partial charge is 0.465 e. The maximum absolute atomic E-state index is 14.2. The lowest BCUT2D eigenvalue weighted by molar-refractivity contribution is -0.0564. The summed E-state index contributed by atoms with van der Waals surface area (Å²) in [5.41, 5.74) is -5.74. The molecule has 0 radical (unpaired) electrons. The summed E-state index contributed by atoms with van der Waals surface area (Å²) in [7, 11) is -4.90. The Balaban J connectivity index is 2.51. The Morgan fingerprint density at radius 2 is 1.96 bits per heavy atom. The van der Waals surface area contributed by atoms with Crippen molar-refractivity contribution in [1.29, 1.82) is 0 Å². The van der Waals surface area contributed by atoms with Crippen LogP contribution >= 0.6 is 0 Å². The molecule has 0 bridgehead atoms. The summed E-state index contributed by atoms with van der Waals surface area (Å²) >= 11 is 0. The number of carbonyl (C=O) groups excluding carboxylic acids is 1. The van der Waals surface area contributed by atoms with Crippen LogP contribution in [0.3, 0.4) is 0 Å². The van der Waals surface area contributed by atoms with Gasteiger partial charge >= 0.3 is 21.6 Å². The van der Waals surface area contributed by atoms with Gasteiger partial charge in [-0.05, 0) is 6.07 Å². The second-order valence-electron chi connectivity index (χ2n) is 4.29. The molecule has 0 amide bonds. The van der Waals surface area contributed by atoms with Gasteiger partial charge in [-0.25, -0.2) is 13.4 Å². The van der Waals surface area contributed by atoms with E-state index in [1.165, 1.54) is 12.1 Å². The van der Waals surface area contributed by atoms with Crippen LogP contribution in [-0.2, 0) is 19.0 Å². The number of carbonyl (C=O) groups is 1. The van der Waals surface area contributed by atoms with E-state index in [1.807, 2.05) is 5.32 Å². The van der Waals surface area contributed by atoms with Crippen molar-refractivity contribution < 1.29 is 39.7 Å². The average molecular weight is 355 g/mol. The molecular formula is C12H9F4NO5S. The van der Waals surface area contributed by atoms with Gasteiger partial charge in [0.1, 0.15) is 0 Å². The molecule has 1 N–H and O–H groups in total. The molecule has 1 aromatic carbocycles. The Hall–Kier alpha value is -2.14. The van der Waals surface area contributed by atoms with Crippen LogP contribution in [0.5, 0.6) is 0 Å². The first-order valence-electron chi connectivity index (χ1n) is 5.91. The van der Waals surface area contributed by atoms with Gasteiger partial charge in [-0.15, -0.1) is 0 Å². The average Bonchev–Trinajstić information content (AvgIpc) is 2.47. The van der Waals surface area contributed by atoms with Gasteiger partial charge < -0.3 is 10.1 Å². The third-order valence-corrected chi connectivity index (χ3v) is 3.90. The minimum Gasteiger partial charge on any atom is -0.465 e. The van der Waals surface area contributed by atoms with E-state index in [1.54, 1.807) is 0 Å². The molecule has 126 valence electrons. The number of fused-ring (bicyclic) bond motifs is 1. The summed E-state index contributed by atoms with van der Waals surface area (Å²) in [6, 6.07) is 3.73. The molecule has 0 aromatic heterocycles. The molecule has 1 unspecified atom stereocenters. The highest BCUT2D eigenvalue weighted by molar-refractivity contribution is 7.87. The molecular weight excluding hydrogens is 346 g/mol. The molecule has 6 nitrogen and oxygen atoms in total. The standard InChI is InChI=1S/C12H9F4NO5S/c1-21-11(18)7-4-2-3-6-8(7)5-17-10(9(6)13)22-23(19,20)12(14,15)16/h2-5,10,17H,1H3. The van der Waals surface area contributed by atoms with Crippen molar-refractivity contribution in [3.63, 3.8) is 0 Å². The van der Waals surface area contributed by atoms with Gasteiger partial charge in [0.15, 0.2) is 12.1 Å². The number of hydrogen-bond acceptors (Lipinski definition) is 6. The molecule has 0 fully saturated rings. The minimum absolute atomic E-state index is 0.00102. The highest BCUT2D eigenvalue weighted by Crippen LogP contribution is 2.27. The van der Waals surface area contributed by atoms with E-state index in [4.69, 9.17) is 0 Å². The third kappa shape index (κ3) is 3.15. The van der Waals surface area contributed by atoms with Gasteiger partial charge in [-0.3, -0.25) is 0 Å². The fourth-order valence-electron chi connectivity index (χ4n) is 1.84. The Morgan fingerprint density at radius 3 is 2.52 bits per heavy atom. The van der Waals surface area contributed by atoms with Gasteiger partial charge in [0, 0.05) is 16.6 Å². The van der Waals surface area contributed by atoms with Crippen molar-refractivity contribution in [2.45, 2.75) is 11.7 Å². The molecule has 1 atom stereocenters. The molecule has 1 heterocycles. The lowest BCUT2D eigenvalue weighted by atomic mass is 10.1. The molecule has 2 rings (SSSR count). The number of benzene rings is 1. The number of methoxy groups -OCH3 is 1. The monoisotopic (exact) mass is 355 g/mol. The molecule has 11 heteroatoms. The van der Waals surface area contributed by atoms with E-state index in [0.717, 1.165) is 19.4 Å². The van der Waals surface area contributed by atoms with Gasteiger partial charge in [0.05, 0.1) is 12.7 Å². The van der Waals surface area contributed by atoms with Gasteiger partial charge in [-0.1, -0.05) is 12.1 Å². The number of alkyl halides is 3. The predicted octanol–water partition coefficient (Wildman–Crippen LogP) is 0.0844. The van der Waals surface area contributed by atoms with Crippen LogP contribution in [0, 0.1) is 0 Å². The van der Waals surface area contributed by atoms with Gasteiger partial charge in [0.25, 0.3) is 0 Å². The summed E-state index contributed by atoms with van der Waals surface area (Å²) in [6.45, 7) is 0. The van der Waals surface area contributed by atoms with E-state index in [0.29, 0.717) is 0 Å². The van der Waals surface area contributed by atoms with Crippen LogP contribution in [0.1, 0.15) is 10.4 Å². The van der Waals surface area contributed by atoms with Crippen LogP contribution in [0.15, 0.2) is 18.2 Å². The Bertz CT molecular complexity index is 862. The Morgan fingerprint density at radius 1 is 1.30 bits per heavy atom. The molecule has 1 aromatic rings. The normalized spacial score (nSPS) is 17.8. The highest BCUT2D eigenvalue weighted by Gasteiger charge is 2.49. The number of hydrogen-bond donors (Lipinski definition) is 1. The van der Waals surface area contributed by atoms with Crippen LogP contribution < -0.4 is 15.8 Å². The van der Waals surface area contributed by atoms with Crippen molar-refractivity contribution in [2.24, 2.45) is 0 Å². The van der Waals surface area contributed by atoms with E-state index in [-0.39, 0.29) is 16.0 Å². The van der Waals surface area contributed by atoms with Crippen molar-refractivity contribution in [3.05, 3.63) is 34.2 Å². The SMILES string of the molecule is COC(=O)c1cccc2c1=CNC(OS(=O)(=O)C(F)(F)F)C=2F. The number of rotatable bonds is 3. The number of esters is 1. The lowest BCUT2D eigenvalue weighted by Gasteiger charge is -2.20. The van der Waals surface area contributed by atoms with E-state index in [2.05, 4.69) is 8.92 Å². The zero-order valence-corrected chi connectivity index (χ0v) is 12.2. The maximum atomic E-state index is 14.2. The lowest BCUT2D eigenvalue weighted by Crippen LogP contribution is -2.46. The summed E-state index contributed by atoms with van der Waals surface area (Å²) in [6.07, 6.45) is -1.22. The summed E-state index contributed by atoms with van der Waals surface area (Å²) in [5.74, 6) is -2.11. The van der Waals surface area contributed by atoms with Crippen LogP contribution in [-0.4, -0.2) is 33.2 Å². The molecule has 0 spiro atoms. The van der Waals surface area contributed by atoms with Crippen molar-refractivity contribution >= 4 is 28.1 Å².